The Hall–Kier alpha value is -2.45. The maximum atomic E-state index is 13.7. The highest BCUT2D eigenvalue weighted by molar-refractivity contribution is 6.48. The Labute approximate surface area is 221 Å². The van der Waals surface area contributed by atoms with Crippen molar-refractivity contribution in [1.82, 2.24) is 10.6 Å². The highest BCUT2D eigenvalue weighted by Gasteiger charge is 2.39. The summed E-state index contributed by atoms with van der Waals surface area (Å²) in [6.07, 6.45) is 2.69. The molecule has 2 aromatic rings. The molecule has 0 saturated heterocycles. The third kappa shape index (κ3) is 8.61. The monoisotopic (exact) mass is 563 g/mol. The first-order valence-corrected chi connectivity index (χ1v) is 11.5. The molecule has 1 unspecified atom stereocenters. The van der Waals surface area contributed by atoms with Gasteiger partial charge in [-0.3, -0.25) is 5.32 Å². The van der Waals surface area contributed by atoms with Gasteiger partial charge in [0, 0.05) is 11.6 Å². The van der Waals surface area contributed by atoms with Gasteiger partial charge in [-0.25, -0.2) is 9.79 Å². The molecule has 0 radical (unpaired) electrons. The fourth-order valence-corrected chi connectivity index (χ4v) is 3.71. The molecule has 0 heterocycles. The van der Waals surface area contributed by atoms with Gasteiger partial charge in [-0.1, -0.05) is 82.8 Å². The Morgan fingerprint density at radius 1 is 1.11 bits per heavy atom. The molecule has 2 rings (SSSR count). The maximum Gasteiger partial charge on any atom is 0.399 e. The zero-order valence-electron chi connectivity index (χ0n) is 18.3. The molecule has 0 fully saturated rings. The van der Waals surface area contributed by atoms with E-state index < -0.39 is 18.1 Å². The fraction of sp³-hybridized carbons (Fsp3) is 0.167. The van der Waals surface area contributed by atoms with E-state index in [2.05, 4.69) is 22.3 Å². The van der Waals surface area contributed by atoms with Crippen LogP contribution >= 0.6 is 46.4 Å². The maximum absolute atomic E-state index is 13.7. The first-order chi connectivity index (χ1) is 16.5. The number of hydrogen-bond acceptors (Lipinski definition) is 2. The van der Waals surface area contributed by atoms with Gasteiger partial charge in [0.2, 0.25) is 0 Å². The smallest absolute Gasteiger partial charge is 0.334 e. The van der Waals surface area contributed by atoms with Crippen molar-refractivity contribution < 1.29 is 18.0 Å². The molecule has 0 spiro atoms. The van der Waals surface area contributed by atoms with Gasteiger partial charge in [0.25, 0.3) is 0 Å². The Balaban J connectivity index is 2.15. The molecule has 4 nitrogen and oxygen atoms in total. The van der Waals surface area contributed by atoms with E-state index in [0.717, 1.165) is 18.2 Å². The van der Waals surface area contributed by atoms with Gasteiger partial charge in [0.15, 0.2) is 0 Å². The Kier molecular flexibility index (Phi) is 10.7. The van der Waals surface area contributed by atoms with Crippen molar-refractivity contribution in [2.24, 2.45) is 4.99 Å². The number of amides is 2. The number of carbonyl (C=O) groups excluding carboxylic acids is 1. The standard InChI is InChI=1S/C24H20Cl4F3N3O/c1-3-4-5-21(32-2)34-23(35)33-13-15-8-6-14(10-18(15)25)7-9-17(24(29,30)31)16-11-19(26)22(28)20(27)12-16/h3-12,17H,2,13H2,1H3,(H2,33,34,35)/b4-3-,9-7+,21-5+. The highest BCUT2D eigenvalue weighted by Crippen LogP contribution is 2.41. The average molecular weight is 565 g/mol. The molecule has 0 aliphatic carbocycles. The van der Waals surface area contributed by atoms with E-state index in [1.54, 1.807) is 30.4 Å². The molecule has 2 N–H and O–H groups in total. The summed E-state index contributed by atoms with van der Waals surface area (Å²) in [5.41, 5.74) is 0.840. The van der Waals surface area contributed by atoms with Crippen LogP contribution < -0.4 is 10.6 Å². The van der Waals surface area contributed by atoms with Crippen molar-refractivity contribution in [1.29, 1.82) is 0 Å². The van der Waals surface area contributed by atoms with Gasteiger partial charge < -0.3 is 5.32 Å². The van der Waals surface area contributed by atoms with Gasteiger partial charge in [-0.15, -0.1) is 0 Å². The third-order valence-corrected chi connectivity index (χ3v) is 6.12. The molecule has 11 heteroatoms. The van der Waals surface area contributed by atoms with E-state index >= 15 is 0 Å². The third-order valence-electron chi connectivity index (χ3n) is 4.57. The van der Waals surface area contributed by atoms with Crippen molar-refractivity contribution in [3.05, 3.63) is 97.2 Å². The van der Waals surface area contributed by atoms with Crippen molar-refractivity contribution in [3.63, 3.8) is 0 Å². The number of halogens is 7. The molecule has 0 aromatic heterocycles. The summed E-state index contributed by atoms with van der Waals surface area (Å²) in [5, 5.41) is 5.23. The van der Waals surface area contributed by atoms with E-state index in [1.807, 2.05) is 6.92 Å². The van der Waals surface area contributed by atoms with Gasteiger partial charge in [0.1, 0.15) is 5.82 Å². The SMILES string of the molecule is C=N/C(=C\C=C/C)NC(=O)NCc1ccc(/C=C/C(c2cc(Cl)c(Cl)c(Cl)c2)C(F)(F)F)cc1Cl. The fourth-order valence-electron chi connectivity index (χ4n) is 2.84. The number of alkyl halides is 3. The Morgan fingerprint density at radius 2 is 1.77 bits per heavy atom. The molecular weight excluding hydrogens is 545 g/mol. The van der Waals surface area contributed by atoms with Crippen molar-refractivity contribution >= 4 is 65.2 Å². The normalized spacial score (nSPS) is 13.3. The van der Waals surface area contributed by atoms with Gasteiger partial charge in [-0.2, -0.15) is 13.2 Å². The highest BCUT2D eigenvalue weighted by atomic mass is 35.5. The first-order valence-electron chi connectivity index (χ1n) is 9.98. The molecular formula is C24H20Cl4F3N3O. The lowest BCUT2D eigenvalue weighted by atomic mass is 9.97. The van der Waals surface area contributed by atoms with Crippen LogP contribution in [-0.4, -0.2) is 18.9 Å². The molecule has 186 valence electrons. The van der Waals surface area contributed by atoms with E-state index in [-0.39, 0.29) is 38.0 Å². The van der Waals surface area contributed by atoms with Crippen LogP contribution in [0.15, 0.2) is 65.4 Å². The molecule has 2 aromatic carbocycles. The second kappa shape index (κ2) is 13.0. The second-order valence-electron chi connectivity index (χ2n) is 7.07. The number of rotatable bonds is 8. The lowest BCUT2D eigenvalue weighted by Crippen LogP contribution is -2.34. The van der Waals surface area contributed by atoms with Gasteiger partial charge in [0.05, 0.1) is 21.0 Å². The summed E-state index contributed by atoms with van der Waals surface area (Å²) < 4.78 is 41.1. The minimum atomic E-state index is -4.60. The van der Waals surface area contributed by atoms with Crippen LogP contribution in [0.25, 0.3) is 6.08 Å². The minimum Gasteiger partial charge on any atom is -0.334 e. The molecule has 0 aliphatic rings. The van der Waals surface area contributed by atoms with Crippen LogP contribution in [-0.2, 0) is 6.54 Å². The van der Waals surface area contributed by atoms with Crippen LogP contribution in [0.1, 0.15) is 29.5 Å². The number of benzene rings is 2. The summed E-state index contributed by atoms with van der Waals surface area (Å²) >= 11 is 23.9. The van der Waals surface area contributed by atoms with Crippen LogP contribution in [0.3, 0.4) is 0 Å². The van der Waals surface area contributed by atoms with Crippen LogP contribution in [0.2, 0.25) is 20.1 Å². The summed E-state index contributed by atoms with van der Waals surface area (Å²) in [6.45, 7) is 5.26. The lowest BCUT2D eigenvalue weighted by molar-refractivity contribution is -0.139. The lowest BCUT2D eigenvalue weighted by Gasteiger charge is -2.18. The zero-order valence-corrected chi connectivity index (χ0v) is 21.3. The first kappa shape index (κ1) is 28.8. The second-order valence-corrected chi connectivity index (χ2v) is 8.67. The average Bonchev–Trinajstić information content (AvgIpc) is 2.78. The predicted molar refractivity (Wildman–Crippen MR) is 139 cm³/mol. The Morgan fingerprint density at radius 3 is 2.31 bits per heavy atom. The van der Waals surface area contributed by atoms with E-state index in [4.69, 9.17) is 46.4 Å². The van der Waals surface area contributed by atoms with E-state index in [1.165, 1.54) is 12.1 Å². The predicted octanol–water partition coefficient (Wildman–Crippen LogP) is 8.58. The summed E-state index contributed by atoms with van der Waals surface area (Å²) in [6, 6.07) is 6.41. The van der Waals surface area contributed by atoms with Gasteiger partial charge >= 0.3 is 12.2 Å². The van der Waals surface area contributed by atoms with Crippen LogP contribution in [0.5, 0.6) is 0 Å². The quantitative estimate of drug-likeness (QED) is 0.188. The van der Waals surface area contributed by atoms with Crippen LogP contribution in [0.4, 0.5) is 18.0 Å². The zero-order chi connectivity index (χ0) is 26.2. The largest absolute Gasteiger partial charge is 0.399 e. The number of allylic oxidation sites excluding steroid dienone is 4. The number of urea groups is 1. The number of hydrogen-bond donors (Lipinski definition) is 2. The van der Waals surface area contributed by atoms with Gasteiger partial charge in [-0.05, 0) is 54.6 Å². The number of carbonyl (C=O) groups is 1. The number of nitrogens with one attached hydrogen (secondary N) is 2. The topological polar surface area (TPSA) is 53.5 Å². The minimum absolute atomic E-state index is 0.0163. The summed E-state index contributed by atoms with van der Waals surface area (Å²) in [5.74, 6) is -1.71. The molecule has 35 heavy (non-hydrogen) atoms. The molecule has 0 saturated carbocycles. The molecule has 0 aliphatic heterocycles. The Bertz CT molecular complexity index is 1150. The number of aliphatic imine (C=N–C) groups is 1. The molecule has 0 bridgehead atoms. The summed E-state index contributed by atoms with van der Waals surface area (Å²) in [7, 11) is 0. The van der Waals surface area contributed by atoms with E-state index in [9.17, 15) is 18.0 Å². The van der Waals surface area contributed by atoms with Crippen LogP contribution in [0, 0.1) is 0 Å². The summed E-state index contributed by atoms with van der Waals surface area (Å²) in [4.78, 5) is 15.7. The molecule has 2 amide bonds. The molecule has 1 atom stereocenters. The van der Waals surface area contributed by atoms with Crippen molar-refractivity contribution in [2.75, 3.05) is 0 Å². The van der Waals surface area contributed by atoms with E-state index in [0.29, 0.717) is 11.1 Å². The number of nitrogens with zero attached hydrogens (tertiary/aromatic N) is 1. The van der Waals surface area contributed by atoms with Crippen molar-refractivity contribution in [2.45, 2.75) is 25.6 Å². The van der Waals surface area contributed by atoms with Crippen molar-refractivity contribution in [3.8, 4) is 0 Å².